The number of halogens is 1. The number of aliphatic hydroxyl groups excluding tert-OH is 2. The molecular formula is C51H69BrN6O12. The number of carboxylic acids is 1. The van der Waals surface area contributed by atoms with Gasteiger partial charge in [-0.25, -0.2) is 0 Å². The summed E-state index contributed by atoms with van der Waals surface area (Å²) in [7, 11) is 0. The standard InChI is InChI=1S/C51H69BrN6O12/c1-31(2)20-35(47(66)56-41(14-9-19-55-51(53)54)44(63)27-38(30-60)50(69)70)25-45(64)43(23-34-15-17-39(61)18-16-34)57-48(67)36(21-32-10-5-3-6-11-32)26-46(65)42(22-33-12-7-4-8-13-33)58-49(68)37(29-59)24-40(62)28-52/h3-8,10-13,15-18,31,35-38,41-43,51,55,59-61H,9,14,19-30,53-54H2,1-2H3,(H,56,66)(H,57,67)(H,58,68)(H,69,70). The smallest absolute Gasteiger partial charge is 0.309 e. The number of alkyl halides is 1. The highest BCUT2D eigenvalue weighted by Crippen LogP contribution is 2.23. The molecule has 0 spiro atoms. The van der Waals surface area contributed by atoms with Gasteiger partial charge >= 0.3 is 5.97 Å². The summed E-state index contributed by atoms with van der Waals surface area (Å²) in [6, 6.07) is 20.1. The fourth-order valence-electron chi connectivity index (χ4n) is 7.93. The number of hydrogen-bond donors (Lipinski definition) is 10. The van der Waals surface area contributed by atoms with Gasteiger partial charge in [0.15, 0.2) is 17.3 Å². The van der Waals surface area contributed by atoms with Crippen molar-refractivity contribution in [2.75, 3.05) is 25.1 Å². The molecule has 0 saturated heterocycles. The third-order valence-electron chi connectivity index (χ3n) is 11.8. The van der Waals surface area contributed by atoms with Gasteiger partial charge in [0.2, 0.25) is 17.7 Å². The van der Waals surface area contributed by atoms with E-state index < -0.39 is 122 Å². The zero-order chi connectivity index (χ0) is 51.8. The number of aliphatic carboxylic acids is 1. The molecule has 0 bridgehead atoms. The third-order valence-corrected chi connectivity index (χ3v) is 12.4. The van der Waals surface area contributed by atoms with Gasteiger partial charge in [-0.15, -0.1) is 0 Å². The molecule has 0 radical (unpaired) electrons. The summed E-state index contributed by atoms with van der Waals surface area (Å²) >= 11 is 3.08. The minimum Gasteiger partial charge on any atom is -0.508 e. The van der Waals surface area contributed by atoms with Gasteiger partial charge in [-0.05, 0) is 79.8 Å². The molecule has 0 fully saturated rings. The zero-order valence-corrected chi connectivity index (χ0v) is 41.4. The molecule has 382 valence electrons. The fraction of sp³-hybridized carbons (Fsp3) is 0.490. The van der Waals surface area contributed by atoms with E-state index in [1.807, 2.05) is 13.8 Å². The van der Waals surface area contributed by atoms with Crippen LogP contribution in [0.1, 0.15) is 75.5 Å². The molecule has 0 aliphatic heterocycles. The molecule has 0 heterocycles. The average molecular weight is 1040 g/mol. The summed E-state index contributed by atoms with van der Waals surface area (Å²) in [6.45, 7) is 2.49. The van der Waals surface area contributed by atoms with E-state index in [0.717, 1.165) is 0 Å². The molecule has 7 unspecified atom stereocenters. The van der Waals surface area contributed by atoms with Crippen LogP contribution in [0.2, 0.25) is 0 Å². The molecule has 3 rings (SSSR count). The highest BCUT2D eigenvalue weighted by Gasteiger charge is 2.35. The fourth-order valence-corrected chi connectivity index (χ4v) is 8.16. The molecule has 0 saturated carbocycles. The van der Waals surface area contributed by atoms with Crippen molar-refractivity contribution in [1.82, 2.24) is 21.3 Å². The average Bonchev–Trinajstić information content (AvgIpc) is 3.33. The van der Waals surface area contributed by atoms with Gasteiger partial charge in [0.1, 0.15) is 17.8 Å². The van der Waals surface area contributed by atoms with Gasteiger partial charge in [-0.3, -0.25) is 43.7 Å². The summed E-state index contributed by atoms with van der Waals surface area (Å²) < 4.78 is 0. The largest absolute Gasteiger partial charge is 0.508 e. The number of hydrogen-bond acceptors (Lipinski definition) is 14. The molecule has 3 aromatic carbocycles. The lowest BCUT2D eigenvalue weighted by Gasteiger charge is -2.27. The van der Waals surface area contributed by atoms with Crippen LogP contribution in [-0.4, -0.2) is 117 Å². The van der Waals surface area contributed by atoms with Crippen LogP contribution in [0.25, 0.3) is 0 Å². The second-order valence-corrected chi connectivity index (χ2v) is 18.6. The van der Waals surface area contributed by atoms with Crippen LogP contribution in [0.4, 0.5) is 0 Å². The number of ketones is 4. The minimum atomic E-state index is -1.41. The Morgan fingerprint density at radius 2 is 1.01 bits per heavy atom. The van der Waals surface area contributed by atoms with E-state index >= 15 is 0 Å². The number of amides is 3. The number of rotatable bonds is 34. The van der Waals surface area contributed by atoms with Gasteiger partial charge in [0.25, 0.3) is 0 Å². The summed E-state index contributed by atoms with van der Waals surface area (Å²) in [5.74, 6) is -10.3. The number of benzene rings is 3. The van der Waals surface area contributed by atoms with E-state index in [-0.39, 0.29) is 67.9 Å². The van der Waals surface area contributed by atoms with E-state index in [1.165, 1.54) is 12.1 Å². The number of aliphatic hydroxyl groups is 2. The van der Waals surface area contributed by atoms with Crippen LogP contribution in [0.5, 0.6) is 5.75 Å². The Kier molecular flexibility index (Phi) is 25.8. The van der Waals surface area contributed by atoms with Crippen molar-refractivity contribution in [3.63, 3.8) is 0 Å². The molecule has 0 aliphatic carbocycles. The lowest BCUT2D eigenvalue weighted by molar-refractivity contribution is -0.145. The monoisotopic (exact) mass is 1040 g/mol. The van der Waals surface area contributed by atoms with Gasteiger partial charge < -0.3 is 47.8 Å². The topological polar surface area (TPSA) is 318 Å². The van der Waals surface area contributed by atoms with Crippen molar-refractivity contribution in [3.8, 4) is 5.75 Å². The van der Waals surface area contributed by atoms with Crippen LogP contribution < -0.4 is 32.7 Å². The summed E-state index contributed by atoms with van der Waals surface area (Å²) in [4.78, 5) is 109. The quantitative estimate of drug-likeness (QED) is 0.0233. The van der Waals surface area contributed by atoms with E-state index in [4.69, 9.17) is 11.5 Å². The molecule has 18 nitrogen and oxygen atoms in total. The second kappa shape index (κ2) is 30.8. The Hall–Kier alpha value is -5.70. The molecule has 0 aliphatic rings. The summed E-state index contributed by atoms with van der Waals surface area (Å²) in [5.41, 5.74) is 13.1. The van der Waals surface area contributed by atoms with Crippen LogP contribution in [-0.2, 0) is 57.6 Å². The molecule has 12 N–H and O–H groups in total. The predicted molar refractivity (Wildman–Crippen MR) is 265 cm³/mol. The lowest BCUT2D eigenvalue weighted by Crippen LogP contribution is -2.50. The van der Waals surface area contributed by atoms with Crippen molar-refractivity contribution >= 4 is 62.8 Å². The molecule has 3 aromatic rings. The number of carboxylic acid groups (broad SMARTS) is 1. The molecule has 70 heavy (non-hydrogen) atoms. The summed E-state index contributed by atoms with van der Waals surface area (Å²) in [6.07, 6.45) is -1.96. The molecule has 0 aromatic heterocycles. The van der Waals surface area contributed by atoms with Crippen molar-refractivity contribution in [2.24, 2.45) is 41.1 Å². The number of phenolic OH excluding ortho intramolecular Hbond substituents is 1. The number of carbonyl (C=O) groups excluding carboxylic acids is 7. The van der Waals surface area contributed by atoms with Crippen molar-refractivity contribution in [3.05, 3.63) is 102 Å². The third kappa shape index (κ3) is 21.1. The Balaban J connectivity index is 2.00. The SMILES string of the molecule is CC(C)CC(CC(=O)C(Cc1ccc(O)cc1)NC(=O)C(CC(=O)C(Cc1ccccc1)NC(=O)C(CO)CC(=O)CBr)Cc1ccccc1)C(=O)NC(CCCNC(N)N)C(=O)CC(CO)C(=O)O. The minimum absolute atomic E-state index is 0.0314. The second-order valence-electron chi connectivity index (χ2n) is 18.1. The first-order chi connectivity index (χ1) is 33.3. The number of aromatic hydroxyl groups is 1. The van der Waals surface area contributed by atoms with Crippen LogP contribution >= 0.6 is 15.9 Å². The number of nitrogens with two attached hydrogens (primary N) is 2. The molecule has 3 amide bonds. The first kappa shape index (κ1) is 58.6. The van der Waals surface area contributed by atoms with Crippen LogP contribution in [0.15, 0.2) is 84.9 Å². The molecule has 7 atom stereocenters. The number of phenols is 1. The Morgan fingerprint density at radius 3 is 1.50 bits per heavy atom. The lowest BCUT2D eigenvalue weighted by atomic mass is 9.86. The summed E-state index contributed by atoms with van der Waals surface area (Å²) in [5, 5.41) is 50.3. The maximum Gasteiger partial charge on any atom is 0.309 e. The number of Topliss-reactive ketones (excluding diaryl/α,β-unsaturated/α-hetero) is 4. The Bertz CT molecular complexity index is 2160. The number of nitrogens with one attached hydrogen (secondary N) is 4. The maximum absolute atomic E-state index is 14.7. The Morgan fingerprint density at radius 1 is 0.571 bits per heavy atom. The maximum atomic E-state index is 14.7. The van der Waals surface area contributed by atoms with E-state index in [2.05, 4.69) is 37.2 Å². The van der Waals surface area contributed by atoms with Crippen molar-refractivity contribution in [2.45, 2.75) is 102 Å². The highest BCUT2D eigenvalue weighted by molar-refractivity contribution is 9.09. The van der Waals surface area contributed by atoms with Crippen molar-refractivity contribution < 1.29 is 58.8 Å². The van der Waals surface area contributed by atoms with Gasteiger partial charge in [-0.2, -0.15) is 0 Å². The highest BCUT2D eigenvalue weighted by atomic mass is 79.9. The van der Waals surface area contributed by atoms with Crippen LogP contribution in [0.3, 0.4) is 0 Å². The zero-order valence-electron chi connectivity index (χ0n) is 39.8. The predicted octanol–water partition coefficient (Wildman–Crippen LogP) is 2.26. The van der Waals surface area contributed by atoms with Gasteiger partial charge in [-0.1, -0.05) is 103 Å². The van der Waals surface area contributed by atoms with Gasteiger partial charge in [0.05, 0.1) is 48.5 Å². The van der Waals surface area contributed by atoms with E-state index in [9.17, 15) is 58.8 Å². The first-order valence-electron chi connectivity index (χ1n) is 23.5. The normalized spacial score (nSPS) is 14.4. The number of carbonyl (C=O) groups is 8. The van der Waals surface area contributed by atoms with E-state index in [1.54, 1.807) is 72.8 Å². The van der Waals surface area contributed by atoms with Crippen LogP contribution in [0, 0.1) is 29.6 Å². The van der Waals surface area contributed by atoms with Crippen molar-refractivity contribution in [1.29, 1.82) is 0 Å². The first-order valence-corrected chi connectivity index (χ1v) is 24.6. The molecular weight excluding hydrogens is 968 g/mol. The van der Waals surface area contributed by atoms with Gasteiger partial charge in [0, 0.05) is 37.5 Å². The molecule has 19 heteroatoms. The van der Waals surface area contributed by atoms with E-state index in [0.29, 0.717) is 23.1 Å². The Labute approximate surface area is 417 Å².